The molecule has 1 amide bonds. The van der Waals surface area contributed by atoms with Crippen molar-refractivity contribution in [2.75, 3.05) is 5.43 Å². The quantitative estimate of drug-likeness (QED) is 0.795. The molecule has 0 spiro atoms. The van der Waals surface area contributed by atoms with Crippen LogP contribution in [-0.2, 0) is 11.3 Å². The average molecular weight is 235 g/mol. The molecule has 0 saturated heterocycles. The molecule has 0 aromatic carbocycles. The lowest BCUT2D eigenvalue weighted by atomic mass is 10.4. The van der Waals surface area contributed by atoms with E-state index < -0.39 is 0 Å². The molecule has 0 bridgehead atoms. The van der Waals surface area contributed by atoms with Crippen LogP contribution in [0.3, 0.4) is 0 Å². The molecule has 17 heavy (non-hydrogen) atoms. The van der Waals surface area contributed by atoms with Gasteiger partial charge in [0.05, 0.1) is 6.20 Å². The zero-order valence-corrected chi connectivity index (χ0v) is 9.89. The summed E-state index contributed by atoms with van der Waals surface area (Å²) in [6.07, 6.45) is 1.55. The van der Waals surface area contributed by atoms with Crippen molar-refractivity contribution >= 4 is 16.9 Å². The van der Waals surface area contributed by atoms with Crippen LogP contribution in [0.2, 0.25) is 0 Å². The molecule has 0 radical (unpaired) electrons. The minimum atomic E-state index is -0.320. The SMILES string of the molecule is CCn1ncc2nc(C)n(NC(C)=O)c(=O)c21. The predicted molar refractivity (Wildman–Crippen MR) is 62.2 cm³/mol. The Morgan fingerprint density at radius 1 is 1.53 bits per heavy atom. The van der Waals surface area contributed by atoms with Crippen LogP contribution in [0.5, 0.6) is 0 Å². The number of amides is 1. The van der Waals surface area contributed by atoms with E-state index in [4.69, 9.17) is 0 Å². The highest BCUT2D eigenvalue weighted by Gasteiger charge is 2.13. The van der Waals surface area contributed by atoms with Crippen LogP contribution in [0, 0.1) is 6.92 Å². The predicted octanol–water partition coefficient (Wildman–Crippen LogP) is 0.0113. The van der Waals surface area contributed by atoms with Crippen molar-refractivity contribution < 1.29 is 4.79 Å². The Labute approximate surface area is 97.0 Å². The zero-order valence-electron chi connectivity index (χ0n) is 9.89. The molecule has 2 heterocycles. The van der Waals surface area contributed by atoms with Gasteiger partial charge in [-0.1, -0.05) is 0 Å². The molecule has 0 saturated carbocycles. The molecule has 0 aliphatic heterocycles. The lowest BCUT2D eigenvalue weighted by Crippen LogP contribution is -2.35. The fourth-order valence-electron chi connectivity index (χ4n) is 1.68. The molecule has 0 unspecified atom stereocenters. The molecule has 90 valence electrons. The Morgan fingerprint density at radius 3 is 2.82 bits per heavy atom. The molecule has 2 aromatic heterocycles. The number of nitrogens with zero attached hydrogens (tertiary/aromatic N) is 4. The Hall–Kier alpha value is -2.18. The van der Waals surface area contributed by atoms with Crippen molar-refractivity contribution in [3.63, 3.8) is 0 Å². The highest BCUT2D eigenvalue weighted by molar-refractivity contribution is 5.81. The third-order valence-electron chi connectivity index (χ3n) is 2.40. The summed E-state index contributed by atoms with van der Waals surface area (Å²) in [5.74, 6) is 0.104. The van der Waals surface area contributed by atoms with Gasteiger partial charge in [0.1, 0.15) is 11.3 Å². The largest absolute Gasteiger partial charge is 0.298 e. The molecule has 0 aliphatic carbocycles. The summed E-state index contributed by atoms with van der Waals surface area (Å²) in [6.45, 7) is 5.45. The van der Waals surface area contributed by atoms with Crippen LogP contribution in [0.25, 0.3) is 11.0 Å². The molecule has 7 nitrogen and oxygen atoms in total. The minimum Gasteiger partial charge on any atom is -0.274 e. The second-order valence-electron chi connectivity index (χ2n) is 3.66. The fourth-order valence-corrected chi connectivity index (χ4v) is 1.68. The fraction of sp³-hybridized carbons (Fsp3) is 0.400. The van der Waals surface area contributed by atoms with Crippen molar-refractivity contribution in [2.45, 2.75) is 27.3 Å². The highest BCUT2D eigenvalue weighted by Crippen LogP contribution is 2.06. The second kappa shape index (κ2) is 4.00. The van der Waals surface area contributed by atoms with Crippen molar-refractivity contribution in [1.29, 1.82) is 0 Å². The molecular weight excluding hydrogens is 222 g/mol. The molecule has 2 aromatic rings. The first-order chi connectivity index (χ1) is 8.04. The monoisotopic (exact) mass is 235 g/mol. The normalized spacial score (nSPS) is 10.8. The van der Waals surface area contributed by atoms with Crippen molar-refractivity contribution in [3.8, 4) is 0 Å². The van der Waals surface area contributed by atoms with Crippen molar-refractivity contribution in [3.05, 3.63) is 22.4 Å². The van der Waals surface area contributed by atoms with Gasteiger partial charge in [0.15, 0.2) is 5.52 Å². The second-order valence-corrected chi connectivity index (χ2v) is 3.66. The molecule has 0 aliphatic rings. The van der Waals surface area contributed by atoms with Crippen molar-refractivity contribution in [2.24, 2.45) is 0 Å². The van der Waals surface area contributed by atoms with Crippen LogP contribution in [-0.4, -0.2) is 25.3 Å². The Morgan fingerprint density at radius 2 is 2.24 bits per heavy atom. The smallest absolute Gasteiger partial charge is 0.274 e. The van der Waals surface area contributed by atoms with Gasteiger partial charge < -0.3 is 0 Å². The van der Waals surface area contributed by atoms with E-state index in [2.05, 4.69) is 15.5 Å². The number of rotatable bonds is 2. The van der Waals surface area contributed by atoms with Crippen LogP contribution in [0.4, 0.5) is 0 Å². The van der Waals surface area contributed by atoms with Gasteiger partial charge >= 0.3 is 0 Å². The van der Waals surface area contributed by atoms with Gasteiger partial charge in [0, 0.05) is 13.5 Å². The number of fused-ring (bicyclic) bond motifs is 1. The minimum absolute atomic E-state index is 0.318. The summed E-state index contributed by atoms with van der Waals surface area (Å²) in [7, 11) is 0. The molecule has 0 fully saturated rings. The first kappa shape index (κ1) is 11.3. The molecular formula is C10H13N5O2. The van der Waals surface area contributed by atoms with Crippen molar-refractivity contribution in [1.82, 2.24) is 19.4 Å². The van der Waals surface area contributed by atoms with E-state index in [9.17, 15) is 9.59 Å². The Balaban J connectivity index is 2.76. The van der Waals surface area contributed by atoms with E-state index in [1.165, 1.54) is 6.92 Å². The molecule has 7 heteroatoms. The van der Waals surface area contributed by atoms with Crippen LogP contribution in [0.1, 0.15) is 19.7 Å². The van der Waals surface area contributed by atoms with Gasteiger partial charge in [-0.3, -0.25) is 19.7 Å². The van der Waals surface area contributed by atoms with Crippen LogP contribution < -0.4 is 11.0 Å². The summed E-state index contributed by atoms with van der Waals surface area (Å²) in [6, 6.07) is 0. The topological polar surface area (TPSA) is 81.8 Å². The van der Waals surface area contributed by atoms with Crippen LogP contribution >= 0.6 is 0 Å². The van der Waals surface area contributed by atoms with Gasteiger partial charge in [0.25, 0.3) is 5.56 Å². The van der Waals surface area contributed by atoms with Gasteiger partial charge in [0.2, 0.25) is 5.91 Å². The molecule has 2 rings (SSSR count). The van der Waals surface area contributed by atoms with Gasteiger partial charge in [-0.25, -0.2) is 9.66 Å². The first-order valence-corrected chi connectivity index (χ1v) is 5.27. The lowest BCUT2D eigenvalue weighted by Gasteiger charge is -2.09. The lowest BCUT2D eigenvalue weighted by molar-refractivity contribution is -0.115. The molecule has 1 N–H and O–H groups in total. The Bertz CT molecular complexity index is 640. The third kappa shape index (κ3) is 1.79. The van der Waals surface area contributed by atoms with E-state index in [1.807, 2.05) is 6.92 Å². The number of hydrogen-bond donors (Lipinski definition) is 1. The van der Waals surface area contributed by atoms with Gasteiger partial charge in [-0.15, -0.1) is 0 Å². The van der Waals surface area contributed by atoms with E-state index in [1.54, 1.807) is 17.8 Å². The number of nitrogens with one attached hydrogen (secondary N) is 1. The zero-order chi connectivity index (χ0) is 12.6. The maximum Gasteiger partial charge on any atom is 0.298 e. The number of aryl methyl sites for hydroxylation is 2. The summed E-state index contributed by atoms with van der Waals surface area (Å²) < 4.78 is 2.70. The number of hydrogen-bond acceptors (Lipinski definition) is 4. The maximum absolute atomic E-state index is 12.2. The summed E-state index contributed by atoms with van der Waals surface area (Å²) in [4.78, 5) is 27.4. The van der Waals surface area contributed by atoms with Crippen LogP contribution in [0.15, 0.2) is 11.0 Å². The third-order valence-corrected chi connectivity index (χ3v) is 2.40. The summed E-state index contributed by atoms with van der Waals surface area (Å²) >= 11 is 0. The molecule has 0 atom stereocenters. The van der Waals surface area contributed by atoms with Gasteiger partial charge in [-0.2, -0.15) is 5.10 Å². The maximum atomic E-state index is 12.2. The van der Waals surface area contributed by atoms with E-state index in [0.717, 1.165) is 4.68 Å². The summed E-state index contributed by atoms with van der Waals surface area (Å²) in [5.41, 5.74) is 3.05. The number of aromatic nitrogens is 4. The first-order valence-electron chi connectivity index (χ1n) is 5.27. The van der Waals surface area contributed by atoms with E-state index in [0.29, 0.717) is 23.4 Å². The Kier molecular flexibility index (Phi) is 2.66. The highest BCUT2D eigenvalue weighted by atomic mass is 16.2. The van der Waals surface area contributed by atoms with E-state index >= 15 is 0 Å². The average Bonchev–Trinajstić information content (AvgIpc) is 2.66. The number of carbonyl (C=O) groups is 1. The van der Waals surface area contributed by atoms with Gasteiger partial charge in [-0.05, 0) is 13.8 Å². The number of carbonyl (C=O) groups excluding carboxylic acids is 1. The van der Waals surface area contributed by atoms with E-state index in [-0.39, 0.29) is 11.5 Å². The summed E-state index contributed by atoms with van der Waals surface area (Å²) in [5, 5.41) is 4.06. The standard InChI is InChI=1S/C10H13N5O2/c1-4-14-9-8(5-11-14)12-6(2)15(10(9)17)13-7(3)16/h5H,4H2,1-3H3,(H,13,16).